The van der Waals surface area contributed by atoms with Crippen LogP contribution in [0.5, 0.6) is 0 Å². The second-order valence-electron chi connectivity index (χ2n) is 6.52. The van der Waals surface area contributed by atoms with Crippen LogP contribution >= 0.6 is 11.6 Å². The summed E-state index contributed by atoms with van der Waals surface area (Å²) in [5.41, 5.74) is 3.33. The third kappa shape index (κ3) is 3.10. The maximum absolute atomic E-state index is 9.34. The van der Waals surface area contributed by atoms with Crippen LogP contribution in [0.4, 0.5) is 17.2 Å². The average Bonchev–Trinajstić information content (AvgIpc) is 3.17. The third-order valence-electron chi connectivity index (χ3n) is 4.36. The van der Waals surface area contributed by atoms with Crippen LogP contribution in [0.1, 0.15) is 18.5 Å². The lowest BCUT2D eigenvalue weighted by molar-refractivity contribution is 0.879. The molecule has 1 fully saturated rings. The Morgan fingerprint density at radius 2 is 2.11 bits per heavy atom. The molecule has 138 valence electrons. The van der Waals surface area contributed by atoms with Crippen molar-refractivity contribution in [2.75, 3.05) is 10.6 Å². The predicted molar refractivity (Wildman–Crippen MR) is 104 cm³/mol. The van der Waals surface area contributed by atoms with Gasteiger partial charge in [-0.3, -0.25) is 0 Å². The molecule has 0 saturated heterocycles. The summed E-state index contributed by atoms with van der Waals surface area (Å²) in [6, 6.07) is 9.91. The van der Waals surface area contributed by atoms with Gasteiger partial charge in [0.15, 0.2) is 17.2 Å². The topological polar surface area (TPSA) is 109 Å². The number of aromatic nitrogens is 6. The van der Waals surface area contributed by atoms with Crippen molar-refractivity contribution in [3.05, 3.63) is 53.8 Å². The maximum atomic E-state index is 9.34. The largest absolute Gasteiger partial charge is 0.379 e. The maximum Gasteiger partial charge on any atom is 0.178 e. The van der Waals surface area contributed by atoms with E-state index >= 15 is 0 Å². The van der Waals surface area contributed by atoms with Crippen molar-refractivity contribution in [2.24, 2.45) is 0 Å². The molecule has 1 saturated carbocycles. The van der Waals surface area contributed by atoms with Crippen LogP contribution in [-0.2, 0) is 0 Å². The van der Waals surface area contributed by atoms with Gasteiger partial charge in [0.1, 0.15) is 18.7 Å². The van der Waals surface area contributed by atoms with E-state index in [1.165, 1.54) is 17.0 Å². The van der Waals surface area contributed by atoms with Crippen molar-refractivity contribution < 1.29 is 0 Å². The van der Waals surface area contributed by atoms with E-state index in [2.05, 4.69) is 36.9 Å². The monoisotopic (exact) mass is 391 g/mol. The summed E-state index contributed by atoms with van der Waals surface area (Å²) in [6.07, 6.45) is 6.83. The fourth-order valence-electron chi connectivity index (χ4n) is 2.93. The normalized spacial score (nSPS) is 13.4. The van der Waals surface area contributed by atoms with Crippen molar-refractivity contribution in [3.63, 3.8) is 0 Å². The Hall–Kier alpha value is -3.64. The molecule has 0 radical (unpaired) electrons. The van der Waals surface area contributed by atoms with Gasteiger partial charge >= 0.3 is 0 Å². The Labute approximate surface area is 164 Å². The van der Waals surface area contributed by atoms with E-state index in [1.54, 1.807) is 23.1 Å². The molecule has 0 bridgehead atoms. The van der Waals surface area contributed by atoms with Crippen LogP contribution in [0.15, 0.2) is 43.1 Å². The number of imidazole rings is 1. The Kier molecular flexibility index (Phi) is 3.84. The van der Waals surface area contributed by atoms with E-state index in [4.69, 9.17) is 11.6 Å². The molecule has 1 aliphatic rings. The van der Waals surface area contributed by atoms with E-state index in [1.807, 2.05) is 12.1 Å². The molecule has 0 spiro atoms. The lowest BCUT2D eigenvalue weighted by atomic mass is 10.2. The first-order chi connectivity index (χ1) is 13.7. The van der Waals surface area contributed by atoms with E-state index in [-0.39, 0.29) is 0 Å². The van der Waals surface area contributed by atoms with Crippen molar-refractivity contribution in [1.82, 2.24) is 29.4 Å². The van der Waals surface area contributed by atoms with Crippen molar-refractivity contribution in [3.8, 4) is 11.8 Å². The molecule has 4 aromatic rings. The van der Waals surface area contributed by atoms with E-state index in [0.29, 0.717) is 28.2 Å². The lowest BCUT2D eigenvalue weighted by Gasteiger charge is -2.12. The lowest BCUT2D eigenvalue weighted by Crippen LogP contribution is -2.08. The quantitative estimate of drug-likeness (QED) is 0.537. The molecular weight excluding hydrogens is 378 g/mol. The number of anilines is 3. The predicted octanol–water partition coefficient (Wildman–Crippen LogP) is 3.15. The van der Waals surface area contributed by atoms with E-state index < -0.39 is 0 Å². The molecule has 1 aromatic carbocycles. The average molecular weight is 392 g/mol. The number of hydrogen-bond donors (Lipinski definition) is 2. The number of halogens is 1. The molecule has 9 nitrogen and oxygen atoms in total. The highest BCUT2D eigenvalue weighted by Gasteiger charge is 2.23. The first-order valence-corrected chi connectivity index (χ1v) is 9.05. The number of rotatable bonds is 5. The molecule has 3 aromatic heterocycles. The second kappa shape index (κ2) is 6.51. The zero-order chi connectivity index (χ0) is 19.1. The highest BCUT2D eigenvalue weighted by molar-refractivity contribution is 6.31. The van der Waals surface area contributed by atoms with Gasteiger partial charge < -0.3 is 10.6 Å². The van der Waals surface area contributed by atoms with Crippen LogP contribution in [0, 0.1) is 11.3 Å². The summed E-state index contributed by atoms with van der Waals surface area (Å²) in [5, 5.41) is 25.2. The number of nitrogens with one attached hydrogen (secondary N) is 2. The van der Waals surface area contributed by atoms with Gasteiger partial charge in [-0.1, -0.05) is 11.6 Å². The van der Waals surface area contributed by atoms with Gasteiger partial charge in [0.25, 0.3) is 0 Å². The van der Waals surface area contributed by atoms with Crippen molar-refractivity contribution in [2.45, 2.75) is 18.9 Å². The molecule has 5 rings (SSSR count). The summed E-state index contributed by atoms with van der Waals surface area (Å²) in [6.45, 7) is 0. The molecule has 10 heteroatoms. The van der Waals surface area contributed by atoms with Gasteiger partial charge in [-0.25, -0.2) is 14.6 Å². The van der Waals surface area contributed by atoms with Gasteiger partial charge in [-0.2, -0.15) is 14.9 Å². The highest BCUT2D eigenvalue weighted by Crippen LogP contribution is 2.30. The minimum absolute atomic E-state index is 0.367. The molecule has 0 unspecified atom stereocenters. The molecule has 0 aliphatic heterocycles. The van der Waals surface area contributed by atoms with Gasteiger partial charge in [-0.05, 0) is 31.0 Å². The summed E-state index contributed by atoms with van der Waals surface area (Å²) < 4.78 is 3.16. The minimum atomic E-state index is 0.367. The van der Waals surface area contributed by atoms with E-state index in [0.717, 1.165) is 29.9 Å². The first-order valence-electron chi connectivity index (χ1n) is 8.67. The smallest absolute Gasteiger partial charge is 0.178 e. The van der Waals surface area contributed by atoms with Crippen LogP contribution in [-0.4, -0.2) is 35.4 Å². The fourth-order valence-corrected chi connectivity index (χ4v) is 3.16. The molecule has 28 heavy (non-hydrogen) atoms. The minimum Gasteiger partial charge on any atom is -0.379 e. The zero-order valence-corrected chi connectivity index (χ0v) is 15.3. The van der Waals surface area contributed by atoms with Crippen LogP contribution in [0.3, 0.4) is 0 Å². The Bertz CT molecular complexity index is 1200. The third-order valence-corrected chi connectivity index (χ3v) is 4.58. The highest BCUT2D eigenvalue weighted by atomic mass is 35.5. The fraction of sp³-hybridized carbons (Fsp3) is 0.167. The van der Waals surface area contributed by atoms with E-state index in [9.17, 15) is 5.26 Å². The second-order valence-corrected chi connectivity index (χ2v) is 6.95. The van der Waals surface area contributed by atoms with Gasteiger partial charge in [0.05, 0.1) is 17.6 Å². The number of fused-ring (bicyclic) bond motifs is 1. The number of benzene rings is 1. The SMILES string of the molecule is N#Cc1cnc2c(NC3CC3)cc(Nc3cc(Cl)cc(-n4cncn4)c3)nn12. The molecular formula is C18H14ClN9. The zero-order valence-electron chi connectivity index (χ0n) is 14.5. The molecule has 0 atom stereocenters. The van der Waals surface area contributed by atoms with Crippen LogP contribution in [0.2, 0.25) is 5.02 Å². The Morgan fingerprint density at radius 1 is 1.21 bits per heavy atom. The molecule has 2 N–H and O–H groups in total. The van der Waals surface area contributed by atoms with Crippen LogP contribution in [0.25, 0.3) is 11.3 Å². The molecule has 3 heterocycles. The van der Waals surface area contributed by atoms with Gasteiger partial charge in [0, 0.05) is 22.8 Å². The molecule has 1 aliphatic carbocycles. The number of nitriles is 1. The summed E-state index contributed by atoms with van der Waals surface area (Å²) in [5.74, 6) is 0.567. The summed E-state index contributed by atoms with van der Waals surface area (Å²) in [4.78, 5) is 8.29. The number of nitrogens with zero attached hydrogens (tertiary/aromatic N) is 7. The van der Waals surface area contributed by atoms with Gasteiger partial charge in [0.2, 0.25) is 0 Å². The standard InChI is InChI=1S/C18H14ClN9/c19-11-3-13(5-14(4-11)27-10-21-9-23-27)25-17-6-16(24-12-1-2-12)18-22-8-15(7-20)28(18)26-17/h3-6,8-10,12,24H,1-2H2,(H,25,26). The van der Waals surface area contributed by atoms with Crippen LogP contribution < -0.4 is 10.6 Å². The summed E-state index contributed by atoms with van der Waals surface area (Å²) in [7, 11) is 0. The van der Waals surface area contributed by atoms with Crippen molar-refractivity contribution in [1.29, 1.82) is 5.26 Å². The molecule has 0 amide bonds. The van der Waals surface area contributed by atoms with Crippen molar-refractivity contribution >= 4 is 34.4 Å². The summed E-state index contributed by atoms with van der Waals surface area (Å²) >= 11 is 6.27. The number of hydrogen-bond acceptors (Lipinski definition) is 7. The Balaban J connectivity index is 1.55. The van der Waals surface area contributed by atoms with Gasteiger partial charge in [-0.15, -0.1) is 5.10 Å². The first kappa shape index (κ1) is 16.5. The Morgan fingerprint density at radius 3 is 2.86 bits per heavy atom.